The molecule has 2 aliphatic rings. The van der Waals surface area contributed by atoms with Gasteiger partial charge in [0, 0.05) is 57.6 Å². The van der Waals surface area contributed by atoms with Crippen molar-refractivity contribution < 1.29 is 0 Å². The summed E-state index contributed by atoms with van der Waals surface area (Å²) in [5.74, 6) is 0. The monoisotopic (exact) mass is 405 g/mol. The number of fused-ring (bicyclic) bond motifs is 1. The second-order valence-electron chi connectivity index (χ2n) is 8.25. The highest BCUT2D eigenvalue weighted by Gasteiger charge is 2.21. The van der Waals surface area contributed by atoms with Gasteiger partial charge in [-0.05, 0) is 44.5 Å². The van der Waals surface area contributed by atoms with Crippen molar-refractivity contribution in [3.05, 3.63) is 68.9 Å². The zero-order chi connectivity index (χ0) is 21.3. The molecule has 6 heteroatoms. The Balaban J connectivity index is 1.51. The molecule has 0 saturated carbocycles. The standard InChI is InChI=1S/C24H31N5O/c1-5-7-20-14-19(15-21-23(20)25-17(2)24(30)26-21)16-28-10-12-29(13-11-28)22-8-6-9-27(4)18(22)3/h5-8,14-15H,9-13,16H2,1-4H3,(H,26,30). The van der Waals surface area contributed by atoms with Crippen molar-refractivity contribution in [1.29, 1.82) is 0 Å². The Hall–Kier alpha value is -2.86. The molecule has 1 aromatic carbocycles. The van der Waals surface area contributed by atoms with Crippen LogP contribution in [0, 0.1) is 6.92 Å². The third-order valence-electron chi connectivity index (χ3n) is 6.12. The molecule has 158 valence electrons. The van der Waals surface area contributed by atoms with Gasteiger partial charge in [-0.1, -0.05) is 18.2 Å². The van der Waals surface area contributed by atoms with Gasteiger partial charge >= 0.3 is 0 Å². The zero-order valence-electron chi connectivity index (χ0n) is 18.4. The molecule has 0 spiro atoms. The predicted octanol–water partition coefficient (Wildman–Crippen LogP) is 3.12. The maximum Gasteiger partial charge on any atom is 0.269 e. The van der Waals surface area contributed by atoms with E-state index in [1.807, 2.05) is 13.0 Å². The number of aromatic amines is 1. The van der Waals surface area contributed by atoms with Crippen molar-refractivity contribution in [1.82, 2.24) is 24.7 Å². The van der Waals surface area contributed by atoms with Crippen LogP contribution in [0.1, 0.15) is 30.7 Å². The molecule has 2 aliphatic heterocycles. The molecule has 30 heavy (non-hydrogen) atoms. The van der Waals surface area contributed by atoms with E-state index in [4.69, 9.17) is 0 Å². The van der Waals surface area contributed by atoms with Gasteiger partial charge in [0.2, 0.25) is 0 Å². The van der Waals surface area contributed by atoms with E-state index in [2.05, 4.69) is 69.0 Å². The highest BCUT2D eigenvalue weighted by Crippen LogP contribution is 2.23. The van der Waals surface area contributed by atoms with Crippen LogP contribution >= 0.6 is 0 Å². The maximum atomic E-state index is 12.1. The fourth-order valence-electron chi connectivity index (χ4n) is 4.28. The molecule has 0 aliphatic carbocycles. The van der Waals surface area contributed by atoms with Gasteiger partial charge in [0.15, 0.2) is 0 Å². The summed E-state index contributed by atoms with van der Waals surface area (Å²) in [5.41, 5.74) is 7.02. The smallest absolute Gasteiger partial charge is 0.269 e. The summed E-state index contributed by atoms with van der Waals surface area (Å²) in [7, 11) is 2.15. The van der Waals surface area contributed by atoms with E-state index >= 15 is 0 Å². The first kappa shape index (κ1) is 20.4. The van der Waals surface area contributed by atoms with Gasteiger partial charge in [-0.2, -0.15) is 0 Å². The molecule has 1 saturated heterocycles. The lowest BCUT2D eigenvalue weighted by molar-refractivity contribution is 0.152. The van der Waals surface area contributed by atoms with Gasteiger partial charge < -0.3 is 14.8 Å². The molecule has 3 heterocycles. The Kier molecular flexibility index (Phi) is 5.77. The van der Waals surface area contributed by atoms with Crippen molar-refractivity contribution >= 4 is 17.1 Å². The zero-order valence-corrected chi connectivity index (χ0v) is 18.4. The number of likely N-dealkylation sites (N-methyl/N-ethyl adjacent to an activating group) is 1. The average molecular weight is 406 g/mol. The Morgan fingerprint density at radius 3 is 2.67 bits per heavy atom. The Bertz CT molecular complexity index is 1090. The number of aryl methyl sites for hydroxylation is 1. The number of hydrogen-bond acceptors (Lipinski definition) is 5. The molecular formula is C24H31N5O. The molecule has 0 unspecified atom stereocenters. The molecular weight excluding hydrogens is 374 g/mol. The third-order valence-corrected chi connectivity index (χ3v) is 6.12. The van der Waals surface area contributed by atoms with E-state index in [-0.39, 0.29) is 5.56 Å². The summed E-state index contributed by atoms with van der Waals surface area (Å²) < 4.78 is 0. The first-order valence-corrected chi connectivity index (χ1v) is 10.7. The summed E-state index contributed by atoms with van der Waals surface area (Å²) in [4.78, 5) is 26.9. The van der Waals surface area contributed by atoms with Crippen LogP contribution in [-0.2, 0) is 6.54 Å². The van der Waals surface area contributed by atoms with Crippen LogP contribution in [0.5, 0.6) is 0 Å². The minimum Gasteiger partial charge on any atom is -0.373 e. The van der Waals surface area contributed by atoms with Crippen LogP contribution < -0.4 is 5.56 Å². The van der Waals surface area contributed by atoms with E-state index in [0.29, 0.717) is 5.69 Å². The number of rotatable bonds is 4. The fourth-order valence-corrected chi connectivity index (χ4v) is 4.28. The number of benzene rings is 1. The van der Waals surface area contributed by atoms with Crippen LogP contribution in [0.15, 0.2) is 46.5 Å². The van der Waals surface area contributed by atoms with Gasteiger partial charge in [-0.25, -0.2) is 4.98 Å². The first-order chi connectivity index (χ1) is 14.5. The van der Waals surface area contributed by atoms with E-state index in [0.717, 1.165) is 55.9 Å². The molecule has 1 aromatic heterocycles. The molecule has 2 aromatic rings. The summed E-state index contributed by atoms with van der Waals surface area (Å²) >= 11 is 0. The minimum atomic E-state index is -0.117. The molecule has 0 amide bonds. The Morgan fingerprint density at radius 2 is 1.93 bits per heavy atom. The molecule has 0 radical (unpaired) electrons. The summed E-state index contributed by atoms with van der Waals surface area (Å²) in [5, 5.41) is 0. The van der Waals surface area contributed by atoms with Crippen LogP contribution in [0.2, 0.25) is 0 Å². The molecule has 0 bridgehead atoms. The van der Waals surface area contributed by atoms with E-state index in [1.165, 1.54) is 17.0 Å². The topological polar surface area (TPSA) is 55.5 Å². The average Bonchev–Trinajstić information content (AvgIpc) is 2.72. The van der Waals surface area contributed by atoms with Crippen LogP contribution in [0.25, 0.3) is 17.1 Å². The predicted molar refractivity (Wildman–Crippen MR) is 123 cm³/mol. The lowest BCUT2D eigenvalue weighted by atomic mass is 10.1. The second-order valence-corrected chi connectivity index (χ2v) is 8.25. The number of piperazine rings is 1. The van der Waals surface area contributed by atoms with Crippen molar-refractivity contribution in [3.63, 3.8) is 0 Å². The van der Waals surface area contributed by atoms with E-state index in [9.17, 15) is 4.79 Å². The van der Waals surface area contributed by atoms with Crippen molar-refractivity contribution in [2.75, 3.05) is 39.8 Å². The Labute approximate surface area is 178 Å². The molecule has 1 N–H and O–H groups in total. The fraction of sp³-hybridized carbons (Fsp3) is 0.417. The first-order valence-electron chi connectivity index (χ1n) is 10.7. The largest absolute Gasteiger partial charge is 0.373 e. The second kappa shape index (κ2) is 8.48. The van der Waals surface area contributed by atoms with Crippen molar-refractivity contribution in [3.8, 4) is 0 Å². The van der Waals surface area contributed by atoms with Crippen LogP contribution in [-0.4, -0.2) is 64.4 Å². The molecule has 6 nitrogen and oxygen atoms in total. The van der Waals surface area contributed by atoms with E-state index < -0.39 is 0 Å². The summed E-state index contributed by atoms with van der Waals surface area (Å²) in [6.45, 7) is 11.9. The molecule has 1 fully saturated rings. The lowest BCUT2D eigenvalue weighted by Gasteiger charge is -2.39. The highest BCUT2D eigenvalue weighted by atomic mass is 16.1. The highest BCUT2D eigenvalue weighted by molar-refractivity contribution is 5.85. The normalized spacial score (nSPS) is 18.3. The number of hydrogen-bond donors (Lipinski definition) is 1. The van der Waals surface area contributed by atoms with Crippen molar-refractivity contribution in [2.45, 2.75) is 27.3 Å². The van der Waals surface area contributed by atoms with Gasteiger partial charge in [-0.3, -0.25) is 9.69 Å². The van der Waals surface area contributed by atoms with Gasteiger partial charge in [0.25, 0.3) is 5.56 Å². The number of nitrogens with one attached hydrogen (secondary N) is 1. The van der Waals surface area contributed by atoms with Gasteiger partial charge in [-0.15, -0.1) is 0 Å². The summed E-state index contributed by atoms with van der Waals surface area (Å²) in [6, 6.07) is 4.28. The SMILES string of the molecule is CC=Cc1cc(CN2CCN(C3=C(C)N(C)CC=C3)CC2)cc2[nH]c(=O)c(C)nc12. The van der Waals surface area contributed by atoms with Crippen LogP contribution in [0.4, 0.5) is 0 Å². The minimum absolute atomic E-state index is 0.117. The van der Waals surface area contributed by atoms with Gasteiger partial charge in [0.05, 0.1) is 16.7 Å². The quantitative estimate of drug-likeness (QED) is 0.847. The summed E-state index contributed by atoms with van der Waals surface area (Å²) in [6.07, 6.45) is 8.59. The maximum absolute atomic E-state index is 12.1. The number of nitrogens with zero attached hydrogens (tertiary/aromatic N) is 4. The number of aromatic nitrogens is 2. The number of allylic oxidation sites excluding steroid dienone is 3. The molecule has 4 rings (SSSR count). The van der Waals surface area contributed by atoms with Crippen LogP contribution in [0.3, 0.4) is 0 Å². The molecule has 0 atom stereocenters. The number of H-pyrrole nitrogens is 1. The van der Waals surface area contributed by atoms with E-state index in [1.54, 1.807) is 6.92 Å². The third kappa shape index (κ3) is 4.05. The van der Waals surface area contributed by atoms with Gasteiger partial charge in [0.1, 0.15) is 5.69 Å². The Morgan fingerprint density at radius 1 is 1.17 bits per heavy atom. The van der Waals surface area contributed by atoms with Crippen molar-refractivity contribution in [2.24, 2.45) is 0 Å². The lowest BCUT2D eigenvalue weighted by Crippen LogP contribution is -2.46.